The van der Waals surface area contributed by atoms with Crippen molar-refractivity contribution in [3.05, 3.63) is 38.3 Å². The number of carboxylic acids is 1. The molecule has 0 unspecified atom stereocenters. The lowest BCUT2D eigenvalue weighted by atomic mass is 9.68. The number of aromatic hydroxyl groups is 1. The number of hydrogen-bond acceptors (Lipinski definition) is 8. The Balaban J connectivity index is 1.45. The fourth-order valence-corrected chi connectivity index (χ4v) is 9.63. The van der Waals surface area contributed by atoms with Crippen molar-refractivity contribution in [1.82, 2.24) is 9.88 Å². The van der Waals surface area contributed by atoms with Gasteiger partial charge in [-0.15, -0.1) is 11.8 Å². The third-order valence-electron chi connectivity index (χ3n) is 7.75. The number of carbonyl (C=O) groups is 3. The molecule has 2 aromatic rings. The predicted octanol–water partition coefficient (Wildman–Crippen LogP) is 2.10. The van der Waals surface area contributed by atoms with Crippen molar-refractivity contribution >= 4 is 40.9 Å². The molecule has 0 radical (unpaired) electrons. The summed E-state index contributed by atoms with van der Waals surface area (Å²) >= 11 is 2.72. The summed E-state index contributed by atoms with van der Waals surface area (Å²) < 4.78 is 5.60. The highest BCUT2D eigenvalue weighted by Gasteiger charge is 2.69. The van der Waals surface area contributed by atoms with Gasteiger partial charge in [0.1, 0.15) is 6.54 Å². The molecule has 9 nitrogen and oxygen atoms in total. The third-order valence-corrected chi connectivity index (χ3v) is 10.3. The molecular formula is C23H22N2O7S2. The van der Waals surface area contributed by atoms with Crippen LogP contribution < -0.4 is 9.61 Å². The number of aliphatic carboxylic acids is 1. The van der Waals surface area contributed by atoms with Crippen LogP contribution in [0.5, 0.6) is 11.5 Å². The Bertz CT molecular complexity index is 1290. The van der Waals surface area contributed by atoms with Crippen LogP contribution in [0.1, 0.15) is 29.7 Å². The molecule has 2 saturated carbocycles. The van der Waals surface area contributed by atoms with Crippen LogP contribution in [0.3, 0.4) is 0 Å². The van der Waals surface area contributed by atoms with Gasteiger partial charge in [0.2, 0.25) is 11.8 Å². The molecule has 178 valence electrons. The zero-order chi connectivity index (χ0) is 23.9. The molecule has 2 aliphatic carbocycles. The van der Waals surface area contributed by atoms with Crippen molar-refractivity contribution < 1.29 is 29.3 Å². The van der Waals surface area contributed by atoms with Gasteiger partial charge in [0.05, 0.1) is 23.5 Å². The largest absolute Gasteiger partial charge is 0.504 e. The molecule has 0 spiro atoms. The molecule has 11 heteroatoms. The Labute approximate surface area is 202 Å². The second-order valence-electron chi connectivity index (χ2n) is 9.28. The van der Waals surface area contributed by atoms with E-state index in [1.54, 1.807) is 23.9 Å². The number of phenolic OH excluding ortho intramolecular Hbond substituents is 1. The van der Waals surface area contributed by atoms with E-state index in [2.05, 4.69) is 4.98 Å². The third kappa shape index (κ3) is 2.92. The smallest absolute Gasteiger partial charge is 0.323 e. The van der Waals surface area contributed by atoms with E-state index in [1.165, 1.54) is 0 Å². The van der Waals surface area contributed by atoms with E-state index >= 15 is 0 Å². The number of likely N-dealkylation sites (tertiary alicyclic amines) is 1. The summed E-state index contributed by atoms with van der Waals surface area (Å²) in [5.74, 6) is -2.97. The first-order chi connectivity index (χ1) is 16.3. The van der Waals surface area contributed by atoms with Crippen LogP contribution >= 0.6 is 23.1 Å². The van der Waals surface area contributed by atoms with Crippen molar-refractivity contribution in [2.75, 3.05) is 13.2 Å². The number of thiazole rings is 1. The molecule has 3 N–H and O–H groups in total. The number of benzene rings is 1. The summed E-state index contributed by atoms with van der Waals surface area (Å²) in [6.45, 7) is 1.61. The second kappa shape index (κ2) is 7.61. The van der Waals surface area contributed by atoms with Gasteiger partial charge in [-0.3, -0.25) is 24.1 Å². The normalized spacial score (nSPS) is 33.1. The van der Waals surface area contributed by atoms with Crippen molar-refractivity contribution in [3.8, 4) is 11.5 Å². The molecule has 1 aromatic heterocycles. The van der Waals surface area contributed by atoms with Gasteiger partial charge in [0.25, 0.3) is 0 Å². The number of carboxylic acid groups (broad SMARTS) is 1. The lowest BCUT2D eigenvalue weighted by Gasteiger charge is -2.43. The van der Waals surface area contributed by atoms with Gasteiger partial charge in [-0.2, -0.15) is 0 Å². The number of carbonyl (C=O) groups excluding carboxylic acids is 2. The first kappa shape index (κ1) is 21.7. The van der Waals surface area contributed by atoms with Gasteiger partial charge in [-0.05, 0) is 48.8 Å². The van der Waals surface area contributed by atoms with E-state index in [1.807, 2.05) is 13.0 Å². The first-order valence-corrected chi connectivity index (χ1v) is 12.9. The monoisotopic (exact) mass is 502 g/mol. The predicted molar refractivity (Wildman–Crippen MR) is 122 cm³/mol. The summed E-state index contributed by atoms with van der Waals surface area (Å²) in [5, 5.41) is 20.2. The van der Waals surface area contributed by atoms with Crippen molar-refractivity contribution in [3.63, 3.8) is 0 Å². The van der Waals surface area contributed by atoms with Crippen LogP contribution in [0.2, 0.25) is 0 Å². The number of phenols is 1. The molecule has 1 aromatic carbocycles. The van der Waals surface area contributed by atoms with E-state index in [0.29, 0.717) is 12.4 Å². The summed E-state index contributed by atoms with van der Waals surface area (Å²) in [6, 6.07) is 5.21. The zero-order valence-corrected chi connectivity index (χ0v) is 19.7. The van der Waals surface area contributed by atoms with Gasteiger partial charge < -0.3 is 19.9 Å². The Morgan fingerprint density at radius 2 is 1.94 bits per heavy atom. The number of nitrogens with one attached hydrogen (secondary N) is 1. The highest BCUT2D eigenvalue weighted by molar-refractivity contribution is 8.00. The molecule has 4 aliphatic rings. The maximum Gasteiger partial charge on any atom is 0.323 e. The van der Waals surface area contributed by atoms with Crippen LogP contribution in [0.15, 0.2) is 28.0 Å². The first-order valence-electron chi connectivity index (χ1n) is 11.2. The summed E-state index contributed by atoms with van der Waals surface area (Å²) in [6.07, 6.45) is 0.724. The van der Waals surface area contributed by atoms with Crippen molar-refractivity contribution in [2.45, 2.75) is 29.5 Å². The van der Waals surface area contributed by atoms with Gasteiger partial charge in [0, 0.05) is 16.0 Å². The van der Waals surface area contributed by atoms with E-state index in [9.17, 15) is 29.4 Å². The molecule has 7 atom stereocenters. The van der Waals surface area contributed by atoms with Crippen LogP contribution in [0, 0.1) is 29.6 Å². The molecule has 1 saturated heterocycles. The SMILES string of the molecule is CCOc1cc([C@H]2c3sc(=O)[nH]c3S[C@@H]3[C@@H]4C[C@H]([C@H]5C(=O)N(CC(=O)O)C(=O)[C@H]45)[C@@H]23)ccc1O. The second-order valence-corrected chi connectivity index (χ2v) is 11.5. The summed E-state index contributed by atoms with van der Waals surface area (Å²) in [5.41, 5.74) is 0.885. The molecule has 3 heterocycles. The Kier molecular flexibility index (Phi) is 4.86. The molecular weight excluding hydrogens is 480 g/mol. The van der Waals surface area contributed by atoms with Crippen LogP contribution in [0.4, 0.5) is 0 Å². The van der Waals surface area contributed by atoms with Crippen molar-refractivity contribution in [2.24, 2.45) is 29.6 Å². The molecule has 2 bridgehead atoms. The Hall–Kier alpha value is -2.79. The van der Waals surface area contributed by atoms with Crippen LogP contribution in [0.25, 0.3) is 0 Å². The van der Waals surface area contributed by atoms with E-state index in [4.69, 9.17) is 4.74 Å². The number of H-pyrrole nitrogens is 1. The summed E-state index contributed by atoms with van der Waals surface area (Å²) in [4.78, 5) is 54.5. The number of nitrogens with zero attached hydrogens (tertiary/aromatic N) is 1. The maximum absolute atomic E-state index is 13.2. The van der Waals surface area contributed by atoms with Gasteiger partial charge in [-0.25, -0.2) is 0 Å². The quantitative estimate of drug-likeness (QED) is 0.529. The molecule has 3 fully saturated rings. The fourth-order valence-electron chi connectivity index (χ4n) is 6.74. The molecule has 6 rings (SSSR count). The molecule has 2 aliphatic heterocycles. The van der Waals surface area contributed by atoms with Gasteiger partial charge >= 0.3 is 10.8 Å². The highest BCUT2D eigenvalue weighted by Crippen LogP contribution is 2.68. The zero-order valence-electron chi connectivity index (χ0n) is 18.1. The van der Waals surface area contributed by atoms with Gasteiger partial charge in [-0.1, -0.05) is 17.4 Å². The Morgan fingerprint density at radius 1 is 1.21 bits per heavy atom. The number of amides is 2. The lowest BCUT2D eigenvalue weighted by Crippen LogP contribution is -2.42. The van der Waals surface area contributed by atoms with E-state index in [-0.39, 0.29) is 51.4 Å². The minimum absolute atomic E-state index is 0.00394. The standard InChI is InChI=1S/C23H22N2O7S2/c1-2-32-12-5-8(3-4-11(12)26)14-15-9-6-10(18(15)33-20-19(14)34-23(31)24-20)17-16(9)21(29)25(22(17)30)7-13(27)28/h3-5,9-10,14-18,26H,2,6-7H2,1H3,(H,24,31)(H,27,28)/t9-,10+,14+,15-,16+,17+,18+/m0/s1. The average molecular weight is 503 g/mol. The number of hydrogen-bond donors (Lipinski definition) is 3. The average Bonchev–Trinajstić information content (AvgIpc) is 3.51. The minimum atomic E-state index is -1.20. The van der Waals surface area contributed by atoms with E-state index < -0.39 is 24.3 Å². The number of imide groups is 1. The van der Waals surface area contributed by atoms with Crippen molar-refractivity contribution in [1.29, 1.82) is 0 Å². The number of aromatic nitrogens is 1. The Morgan fingerprint density at radius 3 is 2.65 bits per heavy atom. The fraction of sp³-hybridized carbons (Fsp3) is 0.478. The highest BCUT2D eigenvalue weighted by atomic mass is 32.2. The summed E-state index contributed by atoms with van der Waals surface area (Å²) in [7, 11) is 0. The van der Waals surface area contributed by atoms with Gasteiger partial charge in [0.15, 0.2) is 11.5 Å². The number of thioether (sulfide) groups is 1. The van der Waals surface area contributed by atoms with E-state index in [0.717, 1.165) is 38.1 Å². The van der Waals surface area contributed by atoms with Crippen LogP contribution in [-0.4, -0.2) is 56.3 Å². The minimum Gasteiger partial charge on any atom is -0.504 e. The molecule has 34 heavy (non-hydrogen) atoms. The number of rotatable bonds is 5. The van der Waals surface area contributed by atoms with Crippen LogP contribution in [-0.2, 0) is 14.4 Å². The number of aromatic amines is 1. The topological polar surface area (TPSA) is 137 Å². The number of ether oxygens (including phenoxy) is 1. The maximum atomic E-state index is 13.2. The lowest BCUT2D eigenvalue weighted by molar-refractivity contribution is -0.149. The number of fused-ring (bicyclic) bond motifs is 9. The molecule has 2 amide bonds.